The monoisotopic (exact) mass is 237 g/mol. The summed E-state index contributed by atoms with van der Waals surface area (Å²) in [5.41, 5.74) is 0.915. The molecule has 0 amide bonds. The summed E-state index contributed by atoms with van der Waals surface area (Å²) in [4.78, 5) is 15.0. The summed E-state index contributed by atoms with van der Waals surface area (Å²) in [6.45, 7) is 3.44. The van der Waals surface area contributed by atoms with Gasteiger partial charge in [-0.2, -0.15) is 0 Å². The Hall–Kier alpha value is -1.62. The fraction of sp³-hybridized carbons (Fsp3) is 0.273. The molecule has 0 bridgehead atoms. The first-order chi connectivity index (χ1) is 7.56. The van der Waals surface area contributed by atoms with Gasteiger partial charge in [-0.15, -0.1) is 11.3 Å². The molecule has 1 unspecified atom stereocenters. The minimum atomic E-state index is -0.972. The van der Waals surface area contributed by atoms with Gasteiger partial charge in [0.2, 0.25) is 0 Å². The van der Waals surface area contributed by atoms with Gasteiger partial charge >= 0.3 is 5.97 Å². The molecule has 0 radical (unpaired) electrons. The first-order valence-corrected chi connectivity index (χ1v) is 5.64. The normalized spacial score (nSPS) is 12.6. The van der Waals surface area contributed by atoms with Crippen LogP contribution in [0, 0.1) is 6.92 Å². The Morgan fingerprint density at radius 1 is 1.56 bits per heavy atom. The number of aryl methyl sites for hydroxylation is 1. The van der Waals surface area contributed by atoms with E-state index in [2.05, 4.69) is 4.98 Å². The van der Waals surface area contributed by atoms with Gasteiger partial charge in [-0.3, -0.25) is 0 Å². The van der Waals surface area contributed by atoms with Gasteiger partial charge in [0.05, 0.1) is 15.2 Å². The number of aromatic nitrogens is 1. The van der Waals surface area contributed by atoms with Crippen molar-refractivity contribution in [3.63, 3.8) is 0 Å². The highest BCUT2D eigenvalue weighted by molar-refractivity contribution is 7.18. The lowest BCUT2D eigenvalue weighted by atomic mass is 10.3. The molecule has 84 valence electrons. The van der Waals surface area contributed by atoms with Crippen molar-refractivity contribution in [3.8, 4) is 5.75 Å². The van der Waals surface area contributed by atoms with Crippen molar-refractivity contribution in [2.75, 3.05) is 0 Å². The average molecular weight is 237 g/mol. The summed E-state index contributed by atoms with van der Waals surface area (Å²) in [6, 6.07) is 5.39. The molecule has 0 fully saturated rings. The van der Waals surface area contributed by atoms with Crippen LogP contribution in [0.2, 0.25) is 0 Å². The van der Waals surface area contributed by atoms with E-state index in [1.54, 1.807) is 17.4 Å². The van der Waals surface area contributed by atoms with Crippen molar-refractivity contribution in [1.29, 1.82) is 0 Å². The standard InChI is InChI=1S/C11H11NO3S/c1-6(11(13)14)15-8-3-4-9-10(5-8)16-7(2)12-9/h3-6H,1-2H3,(H,13,14). The van der Waals surface area contributed by atoms with Crippen LogP contribution >= 0.6 is 11.3 Å². The van der Waals surface area contributed by atoms with Gasteiger partial charge < -0.3 is 9.84 Å². The fourth-order valence-electron chi connectivity index (χ4n) is 1.35. The molecule has 1 aromatic heterocycles. The molecule has 2 aromatic rings. The topological polar surface area (TPSA) is 59.4 Å². The Balaban J connectivity index is 2.28. The molecule has 4 nitrogen and oxygen atoms in total. The molecular weight excluding hydrogens is 226 g/mol. The van der Waals surface area contributed by atoms with E-state index in [-0.39, 0.29) is 0 Å². The van der Waals surface area contributed by atoms with E-state index in [0.717, 1.165) is 15.2 Å². The van der Waals surface area contributed by atoms with E-state index in [0.29, 0.717) is 5.75 Å². The minimum absolute atomic E-state index is 0.561. The Kier molecular flexibility index (Phi) is 2.78. The predicted octanol–water partition coefficient (Wildman–Crippen LogP) is 2.46. The van der Waals surface area contributed by atoms with E-state index in [1.807, 2.05) is 19.1 Å². The molecular formula is C11H11NO3S. The molecule has 1 heterocycles. The summed E-state index contributed by atoms with van der Waals surface area (Å²) in [5.74, 6) is -0.411. The van der Waals surface area contributed by atoms with E-state index >= 15 is 0 Å². The zero-order valence-electron chi connectivity index (χ0n) is 8.93. The van der Waals surface area contributed by atoms with Crippen molar-refractivity contribution < 1.29 is 14.6 Å². The number of carboxylic acid groups (broad SMARTS) is 1. The Bertz CT molecular complexity index is 535. The van der Waals surface area contributed by atoms with Crippen molar-refractivity contribution in [3.05, 3.63) is 23.2 Å². The maximum Gasteiger partial charge on any atom is 0.344 e. The third-order valence-electron chi connectivity index (χ3n) is 2.13. The summed E-state index contributed by atoms with van der Waals surface area (Å²) in [6.07, 6.45) is -0.841. The van der Waals surface area contributed by atoms with Crippen molar-refractivity contribution in [1.82, 2.24) is 4.98 Å². The summed E-state index contributed by atoms with van der Waals surface area (Å²) >= 11 is 1.56. The molecule has 5 heteroatoms. The molecule has 0 aliphatic heterocycles. The number of rotatable bonds is 3. The number of carbonyl (C=O) groups is 1. The molecule has 0 spiro atoms. The molecule has 16 heavy (non-hydrogen) atoms. The summed E-state index contributed by atoms with van der Waals surface area (Å²) in [5, 5.41) is 9.71. The number of carboxylic acids is 1. The molecule has 1 aromatic carbocycles. The summed E-state index contributed by atoms with van der Waals surface area (Å²) < 4.78 is 6.28. The number of hydrogen-bond acceptors (Lipinski definition) is 4. The van der Waals surface area contributed by atoms with Crippen LogP contribution in [0.25, 0.3) is 10.2 Å². The van der Waals surface area contributed by atoms with Crippen LogP contribution in [0.5, 0.6) is 5.75 Å². The third-order valence-corrected chi connectivity index (χ3v) is 3.06. The number of aliphatic carboxylic acids is 1. The maximum atomic E-state index is 10.6. The number of hydrogen-bond donors (Lipinski definition) is 1. The van der Waals surface area contributed by atoms with Crippen LogP contribution in [-0.2, 0) is 4.79 Å². The van der Waals surface area contributed by atoms with Gasteiger partial charge in [0, 0.05) is 0 Å². The maximum absolute atomic E-state index is 10.6. The second-order valence-corrected chi connectivity index (χ2v) is 4.70. The Morgan fingerprint density at radius 2 is 2.31 bits per heavy atom. The molecule has 1 atom stereocenters. The first-order valence-electron chi connectivity index (χ1n) is 4.83. The van der Waals surface area contributed by atoms with Crippen LogP contribution in [0.15, 0.2) is 18.2 Å². The van der Waals surface area contributed by atoms with E-state index in [9.17, 15) is 4.79 Å². The quantitative estimate of drug-likeness (QED) is 0.890. The highest BCUT2D eigenvalue weighted by atomic mass is 32.1. The molecule has 0 saturated heterocycles. The number of nitrogens with zero attached hydrogens (tertiary/aromatic N) is 1. The van der Waals surface area contributed by atoms with Crippen molar-refractivity contribution in [2.24, 2.45) is 0 Å². The summed E-state index contributed by atoms with van der Waals surface area (Å²) in [7, 11) is 0. The zero-order valence-corrected chi connectivity index (χ0v) is 9.75. The van der Waals surface area contributed by atoms with Gasteiger partial charge in [0.1, 0.15) is 5.75 Å². The van der Waals surface area contributed by atoms with Gasteiger partial charge in [-0.25, -0.2) is 9.78 Å². The number of thiazole rings is 1. The fourth-order valence-corrected chi connectivity index (χ4v) is 2.20. The lowest BCUT2D eigenvalue weighted by Crippen LogP contribution is -2.22. The molecule has 2 rings (SSSR count). The first kappa shape index (κ1) is 10.9. The van der Waals surface area contributed by atoms with Crippen molar-refractivity contribution in [2.45, 2.75) is 20.0 Å². The lowest BCUT2D eigenvalue weighted by molar-refractivity contribution is -0.144. The van der Waals surface area contributed by atoms with Crippen LogP contribution < -0.4 is 4.74 Å². The number of fused-ring (bicyclic) bond motifs is 1. The molecule has 1 N–H and O–H groups in total. The van der Waals surface area contributed by atoms with Gasteiger partial charge in [0.15, 0.2) is 6.10 Å². The highest BCUT2D eigenvalue weighted by Gasteiger charge is 2.12. The van der Waals surface area contributed by atoms with E-state index < -0.39 is 12.1 Å². The Morgan fingerprint density at radius 3 is 3.00 bits per heavy atom. The second-order valence-electron chi connectivity index (χ2n) is 3.46. The molecule has 0 aliphatic carbocycles. The van der Waals surface area contributed by atoms with Crippen LogP contribution in [0.3, 0.4) is 0 Å². The third kappa shape index (κ3) is 2.14. The van der Waals surface area contributed by atoms with Gasteiger partial charge in [0.25, 0.3) is 0 Å². The van der Waals surface area contributed by atoms with Crippen molar-refractivity contribution >= 4 is 27.5 Å². The second kappa shape index (κ2) is 4.09. The van der Waals surface area contributed by atoms with Crippen LogP contribution in [0.1, 0.15) is 11.9 Å². The average Bonchev–Trinajstić information content (AvgIpc) is 2.57. The smallest absolute Gasteiger partial charge is 0.344 e. The highest BCUT2D eigenvalue weighted by Crippen LogP contribution is 2.26. The number of ether oxygens (including phenoxy) is 1. The SMILES string of the molecule is Cc1nc2ccc(OC(C)C(=O)O)cc2s1. The van der Waals surface area contributed by atoms with Gasteiger partial charge in [-0.1, -0.05) is 0 Å². The zero-order chi connectivity index (χ0) is 11.7. The predicted molar refractivity (Wildman–Crippen MR) is 62.1 cm³/mol. The molecule has 0 saturated carbocycles. The lowest BCUT2D eigenvalue weighted by Gasteiger charge is -2.09. The van der Waals surface area contributed by atoms with E-state index in [1.165, 1.54) is 6.92 Å². The number of benzene rings is 1. The Labute approximate surface area is 96.5 Å². The minimum Gasteiger partial charge on any atom is -0.479 e. The largest absolute Gasteiger partial charge is 0.479 e. The van der Waals surface area contributed by atoms with Crippen LogP contribution in [0.4, 0.5) is 0 Å². The van der Waals surface area contributed by atoms with E-state index in [4.69, 9.17) is 9.84 Å². The van der Waals surface area contributed by atoms with Gasteiger partial charge in [-0.05, 0) is 32.0 Å². The molecule has 0 aliphatic rings. The van der Waals surface area contributed by atoms with Crippen LogP contribution in [-0.4, -0.2) is 22.2 Å².